The molecule has 0 unspecified atom stereocenters. The van der Waals surface area contributed by atoms with Crippen molar-refractivity contribution in [3.05, 3.63) is 54.4 Å². The second-order valence-electron chi connectivity index (χ2n) is 4.40. The number of benzene rings is 1. The van der Waals surface area contributed by atoms with Crippen molar-refractivity contribution in [2.75, 3.05) is 7.11 Å². The predicted molar refractivity (Wildman–Crippen MR) is 76.3 cm³/mol. The maximum absolute atomic E-state index is 5.18. The van der Waals surface area contributed by atoms with E-state index in [0.717, 1.165) is 33.6 Å². The molecule has 0 aliphatic heterocycles. The zero-order valence-electron chi connectivity index (χ0n) is 10.9. The molecule has 0 bridgehead atoms. The highest BCUT2D eigenvalue weighted by Crippen LogP contribution is 2.27. The molecule has 3 nitrogen and oxygen atoms in total. The minimum Gasteiger partial charge on any atom is -0.497 e. The molecule has 3 heteroatoms. The quantitative estimate of drug-likeness (QED) is 0.696. The Morgan fingerprint density at radius 1 is 1.05 bits per heavy atom. The van der Waals surface area contributed by atoms with Crippen LogP contribution < -0.4 is 4.74 Å². The molecule has 0 aliphatic carbocycles. The van der Waals surface area contributed by atoms with E-state index in [-0.39, 0.29) is 0 Å². The van der Waals surface area contributed by atoms with E-state index in [1.165, 1.54) is 0 Å². The summed E-state index contributed by atoms with van der Waals surface area (Å²) in [7, 11) is 1.67. The van der Waals surface area contributed by atoms with Crippen molar-refractivity contribution >= 4 is 11.0 Å². The zero-order valence-corrected chi connectivity index (χ0v) is 10.9. The fourth-order valence-corrected chi connectivity index (χ4v) is 2.16. The minimum atomic E-state index is 0.789. The molecule has 1 aromatic carbocycles. The van der Waals surface area contributed by atoms with Crippen molar-refractivity contribution in [1.29, 1.82) is 0 Å². The third kappa shape index (κ3) is 2.15. The maximum atomic E-state index is 5.18. The fourth-order valence-electron chi connectivity index (χ4n) is 2.16. The normalized spacial score (nSPS) is 10.6. The highest BCUT2D eigenvalue weighted by atomic mass is 16.5. The average Bonchev–Trinajstić information content (AvgIpc) is 2.47. The molecular formula is C16H14N2O. The van der Waals surface area contributed by atoms with E-state index in [4.69, 9.17) is 4.74 Å². The first-order chi connectivity index (χ1) is 9.28. The molecule has 0 spiro atoms. The summed E-state index contributed by atoms with van der Waals surface area (Å²) >= 11 is 0. The number of rotatable bonds is 2. The van der Waals surface area contributed by atoms with E-state index in [1.807, 2.05) is 43.3 Å². The molecule has 3 rings (SSSR count). The molecule has 94 valence electrons. The number of aromatic nitrogens is 2. The van der Waals surface area contributed by atoms with Crippen LogP contribution in [0.5, 0.6) is 5.75 Å². The molecule has 0 atom stereocenters. The second kappa shape index (κ2) is 4.69. The first kappa shape index (κ1) is 11.7. The van der Waals surface area contributed by atoms with Crippen LogP contribution in [-0.4, -0.2) is 17.1 Å². The van der Waals surface area contributed by atoms with Gasteiger partial charge < -0.3 is 4.74 Å². The van der Waals surface area contributed by atoms with Gasteiger partial charge >= 0.3 is 0 Å². The Labute approximate surface area is 111 Å². The molecule has 2 aromatic heterocycles. The molecule has 0 saturated heterocycles. The van der Waals surface area contributed by atoms with Crippen molar-refractivity contribution in [3.8, 4) is 16.9 Å². The number of hydrogen-bond donors (Lipinski definition) is 0. The van der Waals surface area contributed by atoms with Crippen LogP contribution >= 0.6 is 0 Å². The highest BCUT2D eigenvalue weighted by Gasteiger charge is 2.06. The molecule has 2 heterocycles. The number of fused-ring (bicyclic) bond motifs is 1. The first-order valence-corrected chi connectivity index (χ1v) is 6.15. The fraction of sp³-hybridized carbons (Fsp3) is 0.125. The minimum absolute atomic E-state index is 0.789. The summed E-state index contributed by atoms with van der Waals surface area (Å²) in [5, 5.41) is 1.05. The van der Waals surface area contributed by atoms with E-state index in [9.17, 15) is 0 Å². The summed E-state index contributed by atoms with van der Waals surface area (Å²) in [5.74, 6) is 0.858. The number of ether oxygens (including phenoxy) is 1. The van der Waals surface area contributed by atoms with E-state index in [1.54, 1.807) is 13.3 Å². The van der Waals surface area contributed by atoms with Gasteiger partial charge in [-0.1, -0.05) is 12.1 Å². The largest absolute Gasteiger partial charge is 0.497 e. The Kier molecular flexibility index (Phi) is 2.88. The lowest BCUT2D eigenvalue weighted by molar-refractivity contribution is 0.415. The van der Waals surface area contributed by atoms with Crippen molar-refractivity contribution in [2.24, 2.45) is 0 Å². The Bertz CT molecular complexity index is 720. The van der Waals surface area contributed by atoms with E-state index in [0.29, 0.717) is 0 Å². The third-order valence-corrected chi connectivity index (χ3v) is 3.18. The highest BCUT2D eigenvalue weighted by molar-refractivity contribution is 5.82. The van der Waals surface area contributed by atoms with Crippen molar-refractivity contribution < 1.29 is 4.74 Å². The Hall–Kier alpha value is -2.42. The lowest BCUT2D eigenvalue weighted by Gasteiger charge is -2.08. The Morgan fingerprint density at radius 2 is 1.84 bits per heavy atom. The summed E-state index contributed by atoms with van der Waals surface area (Å²) in [4.78, 5) is 8.83. The van der Waals surface area contributed by atoms with Gasteiger partial charge in [0.2, 0.25) is 0 Å². The van der Waals surface area contributed by atoms with Gasteiger partial charge in [0.25, 0.3) is 0 Å². The van der Waals surface area contributed by atoms with Crippen LogP contribution in [0.2, 0.25) is 0 Å². The molecule has 19 heavy (non-hydrogen) atoms. The van der Waals surface area contributed by atoms with E-state index in [2.05, 4.69) is 16.0 Å². The number of aryl methyl sites for hydroxylation is 1. The van der Waals surface area contributed by atoms with Crippen LogP contribution in [0.25, 0.3) is 22.2 Å². The summed E-state index contributed by atoms with van der Waals surface area (Å²) in [6.07, 6.45) is 1.77. The summed E-state index contributed by atoms with van der Waals surface area (Å²) in [6, 6.07) is 14.1. The van der Waals surface area contributed by atoms with Gasteiger partial charge in [0, 0.05) is 22.8 Å². The third-order valence-electron chi connectivity index (χ3n) is 3.18. The predicted octanol–water partition coefficient (Wildman–Crippen LogP) is 3.61. The lowest BCUT2D eigenvalue weighted by Crippen LogP contribution is -1.91. The molecular weight excluding hydrogens is 236 g/mol. The average molecular weight is 250 g/mol. The van der Waals surface area contributed by atoms with E-state index >= 15 is 0 Å². The standard InChI is InChI=1S/C16H14N2O/c1-11-15(12-5-7-14(19-2)8-6-12)10-13-4-3-9-17-16(13)18-11/h3-10H,1-2H3. The molecule has 3 aromatic rings. The molecule has 0 radical (unpaired) electrons. The molecule has 0 aliphatic rings. The van der Waals surface area contributed by atoms with Crippen molar-refractivity contribution in [2.45, 2.75) is 6.92 Å². The van der Waals surface area contributed by atoms with Crippen LogP contribution in [0.4, 0.5) is 0 Å². The van der Waals surface area contributed by atoms with Crippen LogP contribution in [0.1, 0.15) is 5.69 Å². The van der Waals surface area contributed by atoms with Crippen LogP contribution in [0, 0.1) is 6.92 Å². The maximum Gasteiger partial charge on any atom is 0.159 e. The van der Waals surface area contributed by atoms with Gasteiger partial charge in [-0.2, -0.15) is 0 Å². The summed E-state index contributed by atoms with van der Waals surface area (Å²) < 4.78 is 5.18. The zero-order chi connectivity index (χ0) is 13.2. The van der Waals surface area contributed by atoms with Gasteiger partial charge in [-0.25, -0.2) is 9.97 Å². The summed E-state index contributed by atoms with van der Waals surface area (Å²) in [6.45, 7) is 2.01. The Morgan fingerprint density at radius 3 is 2.58 bits per heavy atom. The topological polar surface area (TPSA) is 35.0 Å². The van der Waals surface area contributed by atoms with Gasteiger partial charge in [0.1, 0.15) is 5.75 Å². The SMILES string of the molecule is COc1ccc(-c2cc3cccnc3nc2C)cc1. The molecule has 0 N–H and O–H groups in total. The summed E-state index contributed by atoms with van der Waals surface area (Å²) in [5.41, 5.74) is 4.04. The van der Waals surface area contributed by atoms with Gasteiger partial charge in [-0.15, -0.1) is 0 Å². The lowest BCUT2D eigenvalue weighted by atomic mass is 10.0. The molecule has 0 amide bonds. The smallest absolute Gasteiger partial charge is 0.159 e. The second-order valence-corrected chi connectivity index (χ2v) is 4.40. The molecule has 0 fully saturated rings. The van der Waals surface area contributed by atoms with Gasteiger partial charge in [-0.3, -0.25) is 0 Å². The van der Waals surface area contributed by atoms with Gasteiger partial charge in [0.15, 0.2) is 5.65 Å². The van der Waals surface area contributed by atoms with Crippen LogP contribution in [0.3, 0.4) is 0 Å². The molecule has 0 saturated carbocycles. The number of hydrogen-bond acceptors (Lipinski definition) is 3. The van der Waals surface area contributed by atoms with Crippen molar-refractivity contribution in [3.63, 3.8) is 0 Å². The Balaban J connectivity index is 2.15. The first-order valence-electron chi connectivity index (χ1n) is 6.15. The van der Waals surface area contributed by atoms with Gasteiger partial charge in [0.05, 0.1) is 7.11 Å². The van der Waals surface area contributed by atoms with Crippen LogP contribution in [0.15, 0.2) is 48.7 Å². The van der Waals surface area contributed by atoms with Crippen molar-refractivity contribution in [1.82, 2.24) is 9.97 Å². The number of methoxy groups -OCH3 is 1. The monoisotopic (exact) mass is 250 g/mol. The van der Waals surface area contributed by atoms with E-state index < -0.39 is 0 Å². The van der Waals surface area contributed by atoms with Gasteiger partial charge in [-0.05, 0) is 42.8 Å². The number of pyridine rings is 2. The van der Waals surface area contributed by atoms with Crippen LogP contribution in [-0.2, 0) is 0 Å². The number of nitrogens with zero attached hydrogens (tertiary/aromatic N) is 2.